The molecule has 0 spiro atoms. The third-order valence-corrected chi connectivity index (χ3v) is 2.50. The highest BCUT2D eigenvalue weighted by Gasteiger charge is 2.14. The molecule has 4 nitrogen and oxygen atoms in total. The first-order chi connectivity index (χ1) is 8.06. The Morgan fingerprint density at radius 2 is 2.12 bits per heavy atom. The Hall–Kier alpha value is -1.52. The number of aryl methyl sites for hydroxylation is 1. The maximum absolute atomic E-state index is 11.7. The van der Waals surface area contributed by atoms with Gasteiger partial charge in [0.1, 0.15) is 5.76 Å². The van der Waals surface area contributed by atoms with Gasteiger partial charge >= 0.3 is 5.97 Å². The van der Waals surface area contributed by atoms with Gasteiger partial charge < -0.3 is 9.26 Å². The lowest BCUT2D eigenvalue weighted by Gasteiger charge is -2.02. The molecule has 2 rings (SSSR count). The molecular weight excluding hydrogens is 265 g/mol. The fraction of sp³-hybridized carbons (Fsp3) is 0.0909. The first kappa shape index (κ1) is 12.0. The first-order valence-electron chi connectivity index (χ1n) is 4.67. The standard InChI is InChI=1S/C11H7Cl2NO3/c1-6-4-10(14-17-6)16-11(15)8-3-2-7(12)5-9(8)13/h2-5H,1H3. The normalized spacial score (nSPS) is 10.3. The lowest BCUT2D eigenvalue weighted by Crippen LogP contribution is -2.09. The van der Waals surface area contributed by atoms with E-state index in [-0.39, 0.29) is 16.5 Å². The molecule has 0 unspecified atom stereocenters. The number of aromatic nitrogens is 1. The van der Waals surface area contributed by atoms with Crippen LogP contribution < -0.4 is 4.74 Å². The third-order valence-electron chi connectivity index (χ3n) is 1.95. The van der Waals surface area contributed by atoms with Gasteiger partial charge in [-0.15, -0.1) is 0 Å². The summed E-state index contributed by atoms with van der Waals surface area (Å²) in [5, 5.41) is 4.21. The number of carbonyl (C=O) groups excluding carboxylic acids is 1. The van der Waals surface area contributed by atoms with E-state index in [1.165, 1.54) is 18.2 Å². The Labute approximate surface area is 107 Å². The number of hydrogen-bond donors (Lipinski definition) is 0. The second-order valence-corrected chi connectivity index (χ2v) is 4.13. The van der Waals surface area contributed by atoms with Gasteiger partial charge in [-0.3, -0.25) is 0 Å². The van der Waals surface area contributed by atoms with Gasteiger partial charge in [0.25, 0.3) is 5.88 Å². The minimum Gasteiger partial charge on any atom is -0.400 e. The van der Waals surface area contributed by atoms with Gasteiger partial charge in [-0.1, -0.05) is 23.2 Å². The number of hydrogen-bond acceptors (Lipinski definition) is 4. The van der Waals surface area contributed by atoms with Gasteiger partial charge in [-0.25, -0.2) is 4.79 Å². The van der Waals surface area contributed by atoms with Gasteiger partial charge in [0.05, 0.1) is 10.6 Å². The average Bonchev–Trinajstić information content (AvgIpc) is 2.63. The molecule has 0 saturated carbocycles. The molecule has 0 radical (unpaired) electrons. The molecule has 0 amide bonds. The van der Waals surface area contributed by atoms with Crippen molar-refractivity contribution < 1.29 is 14.1 Å². The molecule has 0 saturated heterocycles. The zero-order valence-electron chi connectivity index (χ0n) is 8.74. The van der Waals surface area contributed by atoms with Crippen molar-refractivity contribution in [2.75, 3.05) is 0 Å². The molecule has 2 aromatic rings. The highest BCUT2D eigenvalue weighted by atomic mass is 35.5. The second-order valence-electron chi connectivity index (χ2n) is 3.29. The van der Waals surface area contributed by atoms with Crippen LogP contribution in [0.4, 0.5) is 0 Å². The van der Waals surface area contributed by atoms with Crippen molar-refractivity contribution >= 4 is 29.2 Å². The van der Waals surface area contributed by atoms with Crippen LogP contribution in [0.2, 0.25) is 10.0 Å². The van der Waals surface area contributed by atoms with Crippen LogP contribution in [0.5, 0.6) is 5.88 Å². The molecule has 0 bridgehead atoms. The Morgan fingerprint density at radius 1 is 1.35 bits per heavy atom. The molecule has 0 fully saturated rings. The number of halogens is 2. The number of nitrogens with zero attached hydrogens (tertiary/aromatic N) is 1. The zero-order valence-corrected chi connectivity index (χ0v) is 10.2. The van der Waals surface area contributed by atoms with E-state index < -0.39 is 5.97 Å². The van der Waals surface area contributed by atoms with Gasteiger partial charge in [-0.05, 0) is 30.3 Å². The highest BCUT2D eigenvalue weighted by Crippen LogP contribution is 2.22. The zero-order chi connectivity index (χ0) is 12.4. The smallest absolute Gasteiger partial charge is 0.346 e. The number of rotatable bonds is 2. The first-order valence-corrected chi connectivity index (χ1v) is 5.42. The Balaban J connectivity index is 2.20. The number of benzene rings is 1. The van der Waals surface area contributed by atoms with E-state index in [4.69, 9.17) is 32.5 Å². The number of esters is 1. The fourth-order valence-corrected chi connectivity index (χ4v) is 1.68. The summed E-state index contributed by atoms with van der Waals surface area (Å²) in [5.74, 6) is 0.0356. The van der Waals surface area contributed by atoms with E-state index in [1.54, 1.807) is 13.0 Å². The lowest BCUT2D eigenvalue weighted by atomic mass is 10.2. The van der Waals surface area contributed by atoms with Gasteiger partial charge in [0, 0.05) is 11.1 Å². The van der Waals surface area contributed by atoms with Crippen LogP contribution in [-0.4, -0.2) is 11.1 Å². The van der Waals surface area contributed by atoms with Gasteiger partial charge in [0.15, 0.2) is 0 Å². The van der Waals surface area contributed by atoms with Crippen molar-refractivity contribution in [1.82, 2.24) is 5.16 Å². The molecule has 6 heteroatoms. The summed E-state index contributed by atoms with van der Waals surface area (Å²) in [5.41, 5.74) is 0.219. The van der Waals surface area contributed by atoms with Crippen LogP contribution in [0.25, 0.3) is 0 Å². The topological polar surface area (TPSA) is 52.3 Å². The molecule has 0 aliphatic carbocycles. The highest BCUT2D eigenvalue weighted by molar-refractivity contribution is 6.36. The quantitative estimate of drug-likeness (QED) is 0.785. The molecule has 0 aliphatic rings. The van der Waals surface area contributed by atoms with Crippen molar-refractivity contribution in [1.29, 1.82) is 0 Å². The molecule has 0 atom stereocenters. The van der Waals surface area contributed by atoms with E-state index in [0.29, 0.717) is 10.8 Å². The van der Waals surface area contributed by atoms with Crippen LogP contribution in [0.1, 0.15) is 16.1 Å². The Kier molecular flexibility index (Phi) is 3.36. The van der Waals surface area contributed by atoms with Gasteiger partial charge in [-0.2, -0.15) is 0 Å². The van der Waals surface area contributed by atoms with Crippen LogP contribution in [0.3, 0.4) is 0 Å². The molecule has 0 N–H and O–H groups in total. The SMILES string of the molecule is Cc1cc(OC(=O)c2ccc(Cl)cc2Cl)no1. The molecule has 0 aliphatic heterocycles. The van der Waals surface area contributed by atoms with E-state index in [0.717, 1.165) is 0 Å². The molecule has 17 heavy (non-hydrogen) atoms. The maximum atomic E-state index is 11.7. The number of ether oxygens (including phenoxy) is 1. The monoisotopic (exact) mass is 271 g/mol. The van der Waals surface area contributed by atoms with Crippen LogP contribution in [0.15, 0.2) is 28.8 Å². The molecular formula is C11H7Cl2NO3. The maximum Gasteiger partial charge on any atom is 0.346 e. The molecule has 1 heterocycles. The van der Waals surface area contributed by atoms with Crippen molar-refractivity contribution in [2.45, 2.75) is 6.92 Å². The third kappa shape index (κ3) is 2.78. The van der Waals surface area contributed by atoms with Crippen molar-refractivity contribution in [3.05, 3.63) is 45.6 Å². The van der Waals surface area contributed by atoms with E-state index in [1.807, 2.05) is 0 Å². The van der Waals surface area contributed by atoms with E-state index >= 15 is 0 Å². The molecule has 88 valence electrons. The largest absolute Gasteiger partial charge is 0.400 e. The summed E-state index contributed by atoms with van der Waals surface area (Å²) >= 11 is 11.6. The fourth-order valence-electron chi connectivity index (χ4n) is 1.20. The van der Waals surface area contributed by atoms with Crippen molar-refractivity contribution in [2.24, 2.45) is 0 Å². The Morgan fingerprint density at radius 3 is 2.71 bits per heavy atom. The molecule has 1 aromatic carbocycles. The summed E-state index contributed by atoms with van der Waals surface area (Å²) < 4.78 is 9.74. The van der Waals surface area contributed by atoms with Crippen LogP contribution >= 0.6 is 23.2 Å². The second kappa shape index (κ2) is 4.77. The summed E-state index contributed by atoms with van der Waals surface area (Å²) in [7, 11) is 0. The predicted molar refractivity (Wildman–Crippen MR) is 62.7 cm³/mol. The summed E-state index contributed by atoms with van der Waals surface area (Å²) in [4.78, 5) is 11.7. The van der Waals surface area contributed by atoms with Gasteiger partial charge in [0.2, 0.25) is 0 Å². The van der Waals surface area contributed by atoms with Crippen LogP contribution in [0, 0.1) is 6.92 Å². The number of carbonyl (C=O) groups is 1. The Bertz CT molecular complexity index is 566. The van der Waals surface area contributed by atoms with E-state index in [2.05, 4.69) is 5.16 Å². The average molecular weight is 272 g/mol. The summed E-state index contributed by atoms with van der Waals surface area (Å²) in [6.45, 7) is 1.69. The van der Waals surface area contributed by atoms with Crippen molar-refractivity contribution in [3.8, 4) is 5.88 Å². The predicted octanol–water partition coefficient (Wildman–Crippen LogP) is 3.51. The molecule has 1 aromatic heterocycles. The summed E-state index contributed by atoms with van der Waals surface area (Å²) in [6, 6.07) is 6.01. The minimum atomic E-state index is -0.611. The summed E-state index contributed by atoms with van der Waals surface area (Å²) in [6.07, 6.45) is 0. The van der Waals surface area contributed by atoms with Crippen molar-refractivity contribution in [3.63, 3.8) is 0 Å². The van der Waals surface area contributed by atoms with Crippen LogP contribution in [-0.2, 0) is 0 Å². The van der Waals surface area contributed by atoms with E-state index in [9.17, 15) is 4.79 Å². The minimum absolute atomic E-state index is 0.0958. The lowest BCUT2D eigenvalue weighted by molar-refractivity contribution is 0.0721.